The fraction of sp³-hybridized carbons (Fsp3) is 0.500. The van der Waals surface area contributed by atoms with Gasteiger partial charge >= 0.3 is 11.9 Å². The van der Waals surface area contributed by atoms with Crippen LogP contribution in [0.2, 0.25) is 0 Å². The van der Waals surface area contributed by atoms with E-state index in [2.05, 4.69) is 6.08 Å². The van der Waals surface area contributed by atoms with E-state index in [1.807, 2.05) is 19.9 Å². The van der Waals surface area contributed by atoms with E-state index in [4.69, 9.17) is 9.84 Å². The third-order valence-electron chi connectivity index (χ3n) is 5.72. The second-order valence-corrected chi connectivity index (χ2v) is 8.33. The quantitative estimate of drug-likeness (QED) is 0.382. The number of benzene rings is 1. The summed E-state index contributed by atoms with van der Waals surface area (Å²) in [5.74, 6) is -1.16. The number of hydrogen-bond acceptors (Lipinski definition) is 5. The van der Waals surface area contributed by atoms with E-state index in [1.165, 1.54) is 23.8 Å². The monoisotopic (exact) mass is 416 g/mol. The standard InChI is InChI=1S/C24H32O6/c1-16(7-9-18-15-19(23(28)29)10-11-20(18)25)5-4-6-17(2)8-12-21(26)24(3)14-13-22(27)30-24/h6-7,10-11,15,21,25-26H,4-5,8-9,12-14H2,1-3H3,(H,28,29)/b16-7+,17-6+/t21-,24+/m0/s1. The van der Waals surface area contributed by atoms with E-state index in [0.717, 1.165) is 24.8 Å². The van der Waals surface area contributed by atoms with Gasteiger partial charge in [0, 0.05) is 6.42 Å². The number of aliphatic hydroxyl groups excluding tert-OH is 1. The van der Waals surface area contributed by atoms with Crippen molar-refractivity contribution in [2.24, 2.45) is 0 Å². The van der Waals surface area contributed by atoms with Crippen LogP contribution in [-0.4, -0.2) is 39.0 Å². The predicted molar refractivity (Wildman–Crippen MR) is 114 cm³/mol. The highest BCUT2D eigenvalue weighted by molar-refractivity contribution is 5.88. The number of aromatic carboxylic acids is 1. The van der Waals surface area contributed by atoms with Crippen molar-refractivity contribution in [2.45, 2.75) is 77.4 Å². The van der Waals surface area contributed by atoms with Crippen LogP contribution in [0.3, 0.4) is 0 Å². The van der Waals surface area contributed by atoms with Crippen molar-refractivity contribution in [3.8, 4) is 5.75 Å². The number of phenols is 1. The maximum absolute atomic E-state index is 11.3. The number of aromatic hydroxyl groups is 1. The van der Waals surface area contributed by atoms with E-state index < -0.39 is 17.7 Å². The first-order valence-electron chi connectivity index (χ1n) is 10.4. The predicted octanol–water partition coefficient (Wildman–Crippen LogP) is 4.54. The molecule has 0 aromatic heterocycles. The van der Waals surface area contributed by atoms with E-state index in [-0.39, 0.29) is 17.3 Å². The molecule has 1 aromatic rings. The Kier molecular flexibility index (Phi) is 8.24. The van der Waals surface area contributed by atoms with Gasteiger partial charge in [0.1, 0.15) is 11.4 Å². The van der Waals surface area contributed by atoms with Gasteiger partial charge < -0.3 is 20.1 Å². The minimum Gasteiger partial charge on any atom is -0.508 e. The number of carboxylic acids is 1. The first kappa shape index (κ1) is 23.7. The minimum atomic E-state index is -1.01. The summed E-state index contributed by atoms with van der Waals surface area (Å²) in [5.41, 5.74) is 2.33. The van der Waals surface area contributed by atoms with Crippen molar-refractivity contribution >= 4 is 11.9 Å². The third kappa shape index (κ3) is 6.73. The Morgan fingerprint density at radius 2 is 1.93 bits per heavy atom. The van der Waals surface area contributed by atoms with Crippen LogP contribution < -0.4 is 0 Å². The number of carbonyl (C=O) groups is 2. The smallest absolute Gasteiger partial charge is 0.335 e. The molecular formula is C24H32O6. The molecule has 0 unspecified atom stereocenters. The van der Waals surface area contributed by atoms with Crippen molar-refractivity contribution in [3.63, 3.8) is 0 Å². The first-order valence-corrected chi connectivity index (χ1v) is 10.4. The number of allylic oxidation sites excluding steroid dienone is 4. The summed E-state index contributed by atoms with van der Waals surface area (Å²) in [7, 11) is 0. The molecule has 1 fully saturated rings. The summed E-state index contributed by atoms with van der Waals surface area (Å²) in [4.78, 5) is 22.4. The average Bonchev–Trinajstić information content (AvgIpc) is 3.05. The molecule has 30 heavy (non-hydrogen) atoms. The summed E-state index contributed by atoms with van der Waals surface area (Å²) in [6.07, 6.45) is 7.91. The molecule has 1 heterocycles. The molecule has 0 bridgehead atoms. The molecule has 3 N–H and O–H groups in total. The molecule has 1 aromatic carbocycles. The second-order valence-electron chi connectivity index (χ2n) is 8.33. The molecule has 164 valence electrons. The highest BCUT2D eigenvalue weighted by Crippen LogP contribution is 2.32. The summed E-state index contributed by atoms with van der Waals surface area (Å²) >= 11 is 0. The van der Waals surface area contributed by atoms with Gasteiger partial charge in [-0.2, -0.15) is 0 Å². The molecule has 0 amide bonds. The van der Waals surface area contributed by atoms with Crippen molar-refractivity contribution < 1.29 is 29.6 Å². The molecule has 1 aliphatic rings. The molecule has 6 nitrogen and oxygen atoms in total. The second kappa shape index (κ2) is 10.4. The first-order chi connectivity index (χ1) is 14.1. The Bertz CT molecular complexity index is 838. The lowest BCUT2D eigenvalue weighted by Crippen LogP contribution is -2.39. The van der Waals surface area contributed by atoms with Crippen molar-refractivity contribution in [1.29, 1.82) is 0 Å². The van der Waals surface area contributed by atoms with Gasteiger partial charge in [-0.3, -0.25) is 4.79 Å². The van der Waals surface area contributed by atoms with Gasteiger partial charge in [-0.15, -0.1) is 0 Å². The largest absolute Gasteiger partial charge is 0.508 e. The number of cyclic esters (lactones) is 1. The number of hydrogen-bond donors (Lipinski definition) is 3. The zero-order valence-electron chi connectivity index (χ0n) is 18.0. The fourth-order valence-corrected chi connectivity index (χ4v) is 3.53. The van der Waals surface area contributed by atoms with E-state index >= 15 is 0 Å². The number of aliphatic hydroxyl groups is 1. The van der Waals surface area contributed by atoms with Gasteiger partial charge in [-0.1, -0.05) is 23.3 Å². The summed E-state index contributed by atoms with van der Waals surface area (Å²) in [6, 6.07) is 4.30. The van der Waals surface area contributed by atoms with Gasteiger partial charge in [0.15, 0.2) is 0 Å². The number of phenolic OH excluding ortho intramolecular Hbond substituents is 1. The maximum atomic E-state index is 11.3. The van der Waals surface area contributed by atoms with E-state index in [0.29, 0.717) is 31.2 Å². The fourth-order valence-electron chi connectivity index (χ4n) is 3.53. The van der Waals surface area contributed by atoms with Gasteiger partial charge in [-0.25, -0.2) is 4.79 Å². The minimum absolute atomic E-state index is 0.0972. The Morgan fingerprint density at radius 1 is 1.23 bits per heavy atom. The number of carbonyl (C=O) groups excluding carboxylic acids is 1. The summed E-state index contributed by atoms with van der Waals surface area (Å²) < 4.78 is 5.28. The van der Waals surface area contributed by atoms with Crippen LogP contribution in [0.4, 0.5) is 0 Å². The molecular weight excluding hydrogens is 384 g/mol. The lowest BCUT2D eigenvalue weighted by atomic mass is 9.91. The number of ether oxygens (including phenoxy) is 1. The zero-order chi connectivity index (χ0) is 22.3. The number of rotatable bonds is 10. The third-order valence-corrected chi connectivity index (χ3v) is 5.72. The molecule has 0 spiro atoms. The van der Waals surface area contributed by atoms with Crippen molar-refractivity contribution in [3.05, 3.63) is 52.6 Å². The average molecular weight is 417 g/mol. The van der Waals surface area contributed by atoms with Gasteiger partial charge in [0.05, 0.1) is 11.7 Å². The van der Waals surface area contributed by atoms with Crippen molar-refractivity contribution in [1.82, 2.24) is 0 Å². The normalized spacial score (nSPS) is 20.9. The Labute approximate surface area is 177 Å². The van der Waals surface area contributed by atoms with E-state index in [9.17, 15) is 19.8 Å². The highest BCUT2D eigenvalue weighted by atomic mass is 16.6. The topological polar surface area (TPSA) is 104 Å². The Balaban J connectivity index is 1.79. The molecule has 1 aliphatic heterocycles. The molecule has 0 saturated carbocycles. The molecule has 2 rings (SSSR count). The van der Waals surface area contributed by atoms with Crippen LogP contribution in [0.1, 0.15) is 75.2 Å². The summed E-state index contributed by atoms with van der Waals surface area (Å²) in [5, 5.41) is 29.4. The van der Waals surface area contributed by atoms with Crippen LogP contribution in [0, 0.1) is 0 Å². The number of esters is 1. The van der Waals surface area contributed by atoms with Crippen LogP contribution in [-0.2, 0) is 16.0 Å². The Morgan fingerprint density at radius 3 is 2.57 bits per heavy atom. The van der Waals surface area contributed by atoms with Gasteiger partial charge in [0.2, 0.25) is 0 Å². The van der Waals surface area contributed by atoms with Crippen LogP contribution in [0.25, 0.3) is 0 Å². The lowest BCUT2D eigenvalue weighted by molar-refractivity contribution is -0.156. The van der Waals surface area contributed by atoms with E-state index in [1.54, 1.807) is 6.92 Å². The summed E-state index contributed by atoms with van der Waals surface area (Å²) in [6.45, 7) is 5.84. The maximum Gasteiger partial charge on any atom is 0.335 e. The molecule has 0 radical (unpaired) electrons. The zero-order valence-corrected chi connectivity index (χ0v) is 18.0. The number of carboxylic acid groups (broad SMARTS) is 1. The van der Waals surface area contributed by atoms with Gasteiger partial charge in [-0.05, 0) is 83.1 Å². The SMILES string of the molecule is C/C(=C\Cc1cc(C(=O)O)ccc1O)CC/C=C(\C)CC[C@H](O)[C@@]1(C)CCC(=O)O1. The molecule has 2 atom stereocenters. The highest BCUT2D eigenvalue weighted by Gasteiger charge is 2.41. The van der Waals surface area contributed by atoms with Crippen LogP contribution >= 0.6 is 0 Å². The molecule has 6 heteroatoms. The molecule has 0 aliphatic carbocycles. The Hall–Kier alpha value is -2.60. The van der Waals surface area contributed by atoms with Crippen molar-refractivity contribution in [2.75, 3.05) is 0 Å². The van der Waals surface area contributed by atoms with Crippen LogP contribution in [0.15, 0.2) is 41.5 Å². The molecule has 1 saturated heterocycles. The van der Waals surface area contributed by atoms with Gasteiger partial charge in [0.25, 0.3) is 0 Å². The lowest BCUT2D eigenvalue weighted by Gasteiger charge is -2.28. The van der Waals surface area contributed by atoms with Crippen LogP contribution in [0.5, 0.6) is 5.75 Å².